The molecule has 1 amide bonds. The summed E-state index contributed by atoms with van der Waals surface area (Å²) in [7, 11) is 0. The SMILES string of the molecule is C[C@@H](O)CNC(=O)c1cnc2c(C3=CCC(C(F)(F)F)CC3)cccc2c1. The maximum Gasteiger partial charge on any atom is 0.392 e. The summed E-state index contributed by atoms with van der Waals surface area (Å²) in [6.07, 6.45) is -1.30. The van der Waals surface area contributed by atoms with Gasteiger partial charge in [-0.3, -0.25) is 9.78 Å². The average Bonchev–Trinajstić information content (AvgIpc) is 2.64. The number of carbonyl (C=O) groups is 1. The van der Waals surface area contributed by atoms with E-state index in [1.54, 1.807) is 19.1 Å². The first-order chi connectivity index (χ1) is 12.8. The Hall–Kier alpha value is -2.41. The molecule has 7 heteroatoms. The summed E-state index contributed by atoms with van der Waals surface area (Å²) in [6, 6.07) is 7.18. The standard InChI is InChI=1S/C20H21F3N2O2/c1-12(26)10-25-19(27)15-9-14-3-2-4-17(18(14)24-11-15)13-5-7-16(8-6-13)20(21,22)23/h2-5,9,11-12,16,26H,6-8,10H2,1H3,(H,25,27)/t12-,16?/m1/s1. The molecule has 2 aromatic rings. The minimum absolute atomic E-state index is 0.0188. The van der Waals surface area contributed by atoms with Gasteiger partial charge in [-0.25, -0.2) is 0 Å². The molecular formula is C20H21F3N2O2. The Morgan fingerprint density at radius 3 is 2.81 bits per heavy atom. The highest BCUT2D eigenvalue weighted by Crippen LogP contribution is 2.40. The lowest BCUT2D eigenvalue weighted by Crippen LogP contribution is -2.30. The van der Waals surface area contributed by atoms with Gasteiger partial charge in [0.15, 0.2) is 0 Å². The molecule has 1 aliphatic carbocycles. The summed E-state index contributed by atoms with van der Waals surface area (Å²) in [4.78, 5) is 16.5. The van der Waals surface area contributed by atoms with Gasteiger partial charge < -0.3 is 10.4 Å². The third-order valence-corrected chi connectivity index (χ3v) is 4.75. The fraction of sp³-hybridized carbons (Fsp3) is 0.400. The molecule has 2 atom stereocenters. The molecule has 0 aliphatic heterocycles. The smallest absolute Gasteiger partial charge is 0.392 e. The van der Waals surface area contributed by atoms with Crippen LogP contribution in [0.25, 0.3) is 16.5 Å². The van der Waals surface area contributed by atoms with Gasteiger partial charge >= 0.3 is 6.18 Å². The topological polar surface area (TPSA) is 62.2 Å². The minimum atomic E-state index is -4.16. The van der Waals surface area contributed by atoms with E-state index in [2.05, 4.69) is 10.3 Å². The van der Waals surface area contributed by atoms with Gasteiger partial charge in [-0.15, -0.1) is 0 Å². The van der Waals surface area contributed by atoms with Gasteiger partial charge in [0.2, 0.25) is 0 Å². The zero-order valence-corrected chi connectivity index (χ0v) is 14.9. The lowest BCUT2D eigenvalue weighted by molar-refractivity contribution is -0.175. The van der Waals surface area contributed by atoms with Crippen molar-refractivity contribution in [1.82, 2.24) is 10.3 Å². The number of para-hydroxylation sites is 1. The number of nitrogens with zero attached hydrogens (tertiary/aromatic N) is 1. The molecule has 1 aliphatic rings. The summed E-state index contributed by atoms with van der Waals surface area (Å²) >= 11 is 0. The third-order valence-electron chi connectivity index (χ3n) is 4.75. The maximum absolute atomic E-state index is 12.9. The van der Waals surface area contributed by atoms with Gasteiger partial charge in [-0.1, -0.05) is 24.3 Å². The molecule has 1 aromatic heterocycles. The zero-order chi connectivity index (χ0) is 19.6. The van der Waals surface area contributed by atoms with Crippen molar-refractivity contribution in [2.24, 2.45) is 5.92 Å². The molecule has 1 heterocycles. The number of hydrogen-bond donors (Lipinski definition) is 2. The van der Waals surface area contributed by atoms with Crippen LogP contribution in [-0.4, -0.2) is 34.8 Å². The van der Waals surface area contributed by atoms with Crippen molar-refractivity contribution in [1.29, 1.82) is 0 Å². The molecule has 0 saturated carbocycles. The van der Waals surface area contributed by atoms with Crippen molar-refractivity contribution in [2.75, 3.05) is 6.54 Å². The van der Waals surface area contributed by atoms with E-state index in [4.69, 9.17) is 0 Å². The Kier molecular flexibility index (Phi) is 5.51. The zero-order valence-electron chi connectivity index (χ0n) is 14.9. The fourth-order valence-corrected chi connectivity index (χ4v) is 3.26. The lowest BCUT2D eigenvalue weighted by atomic mass is 9.85. The van der Waals surface area contributed by atoms with Gasteiger partial charge in [0.1, 0.15) is 0 Å². The summed E-state index contributed by atoms with van der Waals surface area (Å²) in [5.41, 5.74) is 2.71. The number of rotatable bonds is 4. The maximum atomic E-state index is 12.9. The molecular weight excluding hydrogens is 357 g/mol. The van der Waals surface area contributed by atoms with E-state index < -0.39 is 18.2 Å². The number of amides is 1. The van der Waals surface area contributed by atoms with Gasteiger partial charge in [-0.05, 0) is 37.8 Å². The highest BCUT2D eigenvalue weighted by molar-refractivity contribution is 5.99. The Bertz CT molecular complexity index is 875. The minimum Gasteiger partial charge on any atom is -0.392 e. The van der Waals surface area contributed by atoms with Crippen LogP contribution in [0.3, 0.4) is 0 Å². The predicted octanol–water partition coefficient (Wildman–Crippen LogP) is 4.09. The van der Waals surface area contributed by atoms with Crippen LogP contribution in [-0.2, 0) is 0 Å². The number of aromatic nitrogens is 1. The second-order valence-electron chi connectivity index (χ2n) is 6.90. The number of hydrogen-bond acceptors (Lipinski definition) is 3. The number of nitrogens with one attached hydrogen (secondary N) is 1. The normalized spacial score (nSPS) is 18.9. The first kappa shape index (κ1) is 19.4. The average molecular weight is 378 g/mol. The quantitative estimate of drug-likeness (QED) is 0.842. The third kappa shape index (κ3) is 4.47. The van der Waals surface area contributed by atoms with Crippen LogP contribution in [0, 0.1) is 5.92 Å². The lowest BCUT2D eigenvalue weighted by Gasteiger charge is -2.24. The second-order valence-corrected chi connectivity index (χ2v) is 6.90. The van der Waals surface area contributed by atoms with E-state index in [0.717, 1.165) is 16.5 Å². The number of pyridine rings is 1. The summed E-state index contributed by atoms with van der Waals surface area (Å²) < 4.78 is 38.6. The van der Waals surface area contributed by atoms with E-state index in [-0.39, 0.29) is 25.3 Å². The molecule has 4 nitrogen and oxygen atoms in total. The molecule has 2 N–H and O–H groups in total. The highest BCUT2D eigenvalue weighted by Gasteiger charge is 2.39. The Labute approximate surface area is 155 Å². The first-order valence-corrected chi connectivity index (χ1v) is 8.87. The van der Waals surface area contributed by atoms with E-state index in [0.29, 0.717) is 17.5 Å². The number of aliphatic hydroxyl groups excluding tert-OH is 1. The summed E-state index contributed by atoms with van der Waals surface area (Å²) in [5, 5.41) is 12.6. The van der Waals surface area contributed by atoms with Crippen LogP contribution in [0.5, 0.6) is 0 Å². The van der Waals surface area contributed by atoms with Crippen molar-refractivity contribution in [3.63, 3.8) is 0 Å². The van der Waals surface area contributed by atoms with E-state index in [1.807, 2.05) is 18.2 Å². The molecule has 0 spiro atoms. The highest BCUT2D eigenvalue weighted by atomic mass is 19.4. The van der Waals surface area contributed by atoms with Crippen molar-refractivity contribution in [3.8, 4) is 0 Å². The Balaban J connectivity index is 1.86. The molecule has 0 radical (unpaired) electrons. The number of alkyl halides is 3. The molecule has 27 heavy (non-hydrogen) atoms. The van der Waals surface area contributed by atoms with Crippen LogP contribution in [0.4, 0.5) is 13.2 Å². The first-order valence-electron chi connectivity index (χ1n) is 8.87. The van der Waals surface area contributed by atoms with E-state index in [9.17, 15) is 23.1 Å². The number of halogens is 3. The van der Waals surface area contributed by atoms with Crippen LogP contribution in [0.2, 0.25) is 0 Å². The van der Waals surface area contributed by atoms with Gasteiger partial charge in [-0.2, -0.15) is 13.2 Å². The summed E-state index contributed by atoms with van der Waals surface area (Å²) in [6.45, 7) is 1.72. The molecule has 144 valence electrons. The van der Waals surface area contributed by atoms with Crippen molar-refractivity contribution in [3.05, 3.63) is 47.7 Å². The molecule has 3 rings (SSSR count). The van der Waals surface area contributed by atoms with E-state index in [1.165, 1.54) is 6.20 Å². The van der Waals surface area contributed by atoms with Crippen LogP contribution >= 0.6 is 0 Å². The number of aliphatic hydroxyl groups is 1. The molecule has 0 saturated heterocycles. The number of allylic oxidation sites excluding steroid dienone is 2. The van der Waals surface area contributed by atoms with E-state index >= 15 is 0 Å². The number of fused-ring (bicyclic) bond motifs is 1. The molecule has 0 fully saturated rings. The van der Waals surface area contributed by atoms with Crippen LogP contribution in [0.15, 0.2) is 36.5 Å². The molecule has 1 aromatic carbocycles. The van der Waals surface area contributed by atoms with Gasteiger partial charge in [0.25, 0.3) is 5.91 Å². The van der Waals surface area contributed by atoms with Crippen LogP contribution < -0.4 is 5.32 Å². The predicted molar refractivity (Wildman–Crippen MR) is 97.1 cm³/mol. The Morgan fingerprint density at radius 2 is 2.19 bits per heavy atom. The molecule has 1 unspecified atom stereocenters. The Morgan fingerprint density at radius 1 is 1.41 bits per heavy atom. The van der Waals surface area contributed by atoms with Gasteiger partial charge in [0, 0.05) is 23.7 Å². The monoisotopic (exact) mass is 378 g/mol. The molecule has 0 bridgehead atoms. The van der Waals surface area contributed by atoms with Crippen molar-refractivity contribution in [2.45, 2.75) is 38.5 Å². The number of benzene rings is 1. The van der Waals surface area contributed by atoms with Crippen molar-refractivity contribution >= 4 is 22.4 Å². The van der Waals surface area contributed by atoms with Gasteiger partial charge in [0.05, 0.1) is 23.1 Å². The largest absolute Gasteiger partial charge is 0.392 e. The fourth-order valence-electron chi connectivity index (χ4n) is 3.26. The van der Waals surface area contributed by atoms with Crippen molar-refractivity contribution < 1.29 is 23.1 Å². The number of carbonyl (C=O) groups excluding carboxylic acids is 1. The second kappa shape index (κ2) is 7.68. The van der Waals surface area contributed by atoms with Crippen LogP contribution in [0.1, 0.15) is 42.1 Å². The summed E-state index contributed by atoms with van der Waals surface area (Å²) in [5.74, 6) is -1.62.